The highest BCUT2D eigenvalue weighted by Gasteiger charge is 2.33. The van der Waals surface area contributed by atoms with Gasteiger partial charge < -0.3 is 15.0 Å². The van der Waals surface area contributed by atoms with Crippen LogP contribution in [0.2, 0.25) is 10.0 Å². The standard InChI is InChI=1S/C29H32Cl2FN3O5S/c1-4-5-16-33-29(37)20(2)34(18-21-6-7-22(30)17-27(21)31)28(36)19-35(24-10-8-23(32)9-11-24)41(38,39)26-14-12-25(40-3)13-15-26/h6-15,17,20H,4-5,16,18-19H2,1-3H3,(H,33,37)/t20-/m1/s1. The second-order valence-corrected chi connectivity index (χ2v) is 11.9. The number of anilines is 1. The number of carbonyl (C=O) groups excluding carboxylic acids is 2. The summed E-state index contributed by atoms with van der Waals surface area (Å²) in [6, 6.07) is 14.2. The fourth-order valence-corrected chi connectivity index (χ4v) is 5.85. The third-order valence-corrected chi connectivity index (χ3v) is 8.77. The molecule has 12 heteroatoms. The van der Waals surface area contributed by atoms with Crippen molar-refractivity contribution in [3.63, 3.8) is 0 Å². The number of nitrogens with zero attached hydrogens (tertiary/aromatic N) is 2. The van der Waals surface area contributed by atoms with Crippen molar-refractivity contribution in [3.05, 3.63) is 88.2 Å². The highest BCUT2D eigenvalue weighted by molar-refractivity contribution is 7.92. The fourth-order valence-electron chi connectivity index (χ4n) is 3.96. The monoisotopic (exact) mass is 623 g/mol. The van der Waals surface area contributed by atoms with E-state index in [4.69, 9.17) is 27.9 Å². The van der Waals surface area contributed by atoms with E-state index in [0.717, 1.165) is 29.3 Å². The van der Waals surface area contributed by atoms with Crippen molar-refractivity contribution >= 4 is 50.7 Å². The van der Waals surface area contributed by atoms with E-state index >= 15 is 0 Å². The molecule has 220 valence electrons. The van der Waals surface area contributed by atoms with E-state index in [9.17, 15) is 22.4 Å². The lowest BCUT2D eigenvalue weighted by atomic mass is 10.1. The first-order chi connectivity index (χ1) is 19.5. The molecular formula is C29H32Cl2FN3O5S. The summed E-state index contributed by atoms with van der Waals surface area (Å²) >= 11 is 12.4. The van der Waals surface area contributed by atoms with Crippen molar-refractivity contribution in [3.8, 4) is 5.75 Å². The Bertz CT molecular complexity index is 1450. The molecule has 1 atom stereocenters. The number of methoxy groups -OCH3 is 1. The van der Waals surface area contributed by atoms with Crippen LogP contribution in [0.5, 0.6) is 5.75 Å². The Balaban J connectivity index is 2.02. The molecule has 2 amide bonds. The molecule has 0 aromatic heterocycles. The van der Waals surface area contributed by atoms with Gasteiger partial charge in [0.05, 0.1) is 17.7 Å². The lowest BCUT2D eigenvalue weighted by Crippen LogP contribution is -2.51. The lowest BCUT2D eigenvalue weighted by Gasteiger charge is -2.32. The number of halogens is 3. The number of carbonyl (C=O) groups is 2. The Hall–Kier alpha value is -3.34. The van der Waals surface area contributed by atoms with Gasteiger partial charge in [0.1, 0.15) is 24.2 Å². The minimum atomic E-state index is -4.31. The van der Waals surface area contributed by atoms with Crippen LogP contribution in [0.1, 0.15) is 32.3 Å². The summed E-state index contributed by atoms with van der Waals surface area (Å²) in [7, 11) is -2.85. The molecule has 0 spiro atoms. The minimum Gasteiger partial charge on any atom is -0.497 e. The van der Waals surface area contributed by atoms with Crippen LogP contribution in [0.3, 0.4) is 0 Å². The van der Waals surface area contributed by atoms with Gasteiger partial charge in [0.2, 0.25) is 11.8 Å². The van der Waals surface area contributed by atoms with Gasteiger partial charge in [-0.1, -0.05) is 42.6 Å². The summed E-state index contributed by atoms with van der Waals surface area (Å²) < 4.78 is 47.4. The Morgan fingerprint density at radius 1 is 1.02 bits per heavy atom. The Morgan fingerprint density at radius 2 is 1.68 bits per heavy atom. The average Bonchev–Trinajstić information content (AvgIpc) is 2.95. The maximum atomic E-state index is 13.9. The van der Waals surface area contributed by atoms with Crippen LogP contribution in [0.15, 0.2) is 71.6 Å². The van der Waals surface area contributed by atoms with Gasteiger partial charge in [-0.15, -0.1) is 0 Å². The molecule has 0 aliphatic heterocycles. The molecule has 0 radical (unpaired) electrons. The molecule has 0 saturated carbocycles. The smallest absolute Gasteiger partial charge is 0.264 e. The summed E-state index contributed by atoms with van der Waals surface area (Å²) in [6.45, 7) is 3.22. The first kappa shape index (κ1) is 32.2. The zero-order valence-electron chi connectivity index (χ0n) is 22.9. The summed E-state index contributed by atoms with van der Waals surface area (Å²) in [5, 5.41) is 3.50. The average molecular weight is 625 g/mol. The SMILES string of the molecule is CCCCNC(=O)[C@@H](C)N(Cc1ccc(Cl)cc1Cl)C(=O)CN(c1ccc(F)cc1)S(=O)(=O)c1ccc(OC)cc1. The second-order valence-electron chi connectivity index (χ2n) is 9.24. The molecule has 0 bridgehead atoms. The van der Waals surface area contributed by atoms with Gasteiger partial charge in [0.15, 0.2) is 0 Å². The van der Waals surface area contributed by atoms with Crippen LogP contribution in [-0.4, -0.2) is 51.4 Å². The predicted octanol–water partition coefficient (Wildman–Crippen LogP) is 5.67. The number of ether oxygens (including phenoxy) is 1. The number of nitrogens with one attached hydrogen (secondary N) is 1. The molecule has 3 rings (SSSR count). The number of unbranched alkanes of at least 4 members (excludes halogenated alkanes) is 1. The van der Waals surface area contributed by atoms with Crippen LogP contribution < -0.4 is 14.4 Å². The van der Waals surface area contributed by atoms with E-state index in [0.29, 0.717) is 22.9 Å². The Kier molecular flexibility index (Phi) is 11.4. The fraction of sp³-hybridized carbons (Fsp3) is 0.310. The highest BCUT2D eigenvalue weighted by Crippen LogP contribution is 2.27. The molecule has 41 heavy (non-hydrogen) atoms. The van der Waals surface area contributed by atoms with Crippen LogP contribution in [-0.2, 0) is 26.2 Å². The quantitative estimate of drug-likeness (QED) is 0.248. The number of hydrogen-bond donors (Lipinski definition) is 1. The Labute approximate surface area is 250 Å². The van der Waals surface area contributed by atoms with Crippen molar-refractivity contribution in [2.24, 2.45) is 0 Å². The molecule has 0 fully saturated rings. The molecular weight excluding hydrogens is 592 g/mol. The van der Waals surface area contributed by atoms with Gasteiger partial charge in [-0.2, -0.15) is 0 Å². The van der Waals surface area contributed by atoms with E-state index < -0.39 is 40.2 Å². The van der Waals surface area contributed by atoms with Gasteiger partial charge in [-0.25, -0.2) is 12.8 Å². The number of benzene rings is 3. The third kappa shape index (κ3) is 8.34. The first-order valence-electron chi connectivity index (χ1n) is 12.9. The summed E-state index contributed by atoms with van der Waals surface area (Å²) in [5.74, 6) is -1.20. The molecule has 3 aromatic carbocycles. The van der Waals surface area contributed by atoms with E-state index in [2.05, 4.69) is 5.32 Å². The third-order valence-electron chi connectivity index (χ3n) is 6.39. The van der Waals surface area contributed by atoms with Gasteiger partial charge >= 0.3 is 0 Å². The van der Waals surface area contributed by atoms with Crippen molar-refractivity contribution in [1.82, 2.24) is 10.2 Å². The molecule has 0 saturated heterocycles. The van der Waals surface area contributed by atoms with E-state index in [1.54, 1.807) is 19.1 Å². The summed E-state index contributed by atoms with van der Waals surface area (Å²) in [6.07, 6.45) is 1.63. The second kappa shape index (κ2) is 14.5. The van der Waals surface area contributed by atoms with E-state index in [-0.39, 0.29) is 22.2 Å². The van der Waals surface area contributed by atoms with E-state index in [1.807, 2.05) is 6.92 Å². The zero-order valence-corrected chi connectivity index (χ0v) is 25.3. The van der Waals surface area contributed by atoms with Gasteiger partial charge in [-0.05, 0) is 79.6 Å². The van der Waals surface area contributed by atoms with Gasteiger partial charge in [0.25, 0.3) is 10.0 Å². The predicted molar refractivity (Wildman–Crippen MR) is 158 cm³/mol. The van der Waals surface area contributed by atoms with Crippen LogP contribution >= 0.6 is 23.2 Å². The Morgan fingerprint density at radius 3 is 2.27 bits per heavy atom. The first-order valence-corrected chi connectivity index (χ1v) is 15.1. The van der Waals surface area contributed by atoms with E-state index in [1.165, 1.54) is 54.5 Å². The van der Waals surface area contributed by atoms with Gasteiger partial charge in [-0.3, -0.25) is 13.9 Å². The number of rotatable bonds is 13. The van der Waals surface area contributed by atoms with Crippen molar-refractivity contribution in [2.75, 3.05) is 24.5 Å². The topological polar surface area (TPSA) is 96.0 Å². The number of hydrogen-bond acceptors (Lipinski definition) is 5. The molecule has 0 unspecified atom stereocenters. The number of amides is 2. The van der Waals surface area contributed by atoms with Crippen molar-refractivity contribution < 1.29 is 27.1 Å². The zero-order chi connectivity index (χ0) is 30.2. The van der Waals surface area contributed by atoms with Crippen molar-refractivity contribution in [1.29, 1.82) is 0 Å². The minimum absolute atomic E-state index is 0.0695. The van der Waals surface area contributed by atoms with Crippen LogP contribution in [0, 0.1) is 5.82 Å². The lowest BCUT2D eigenvalue weighted by molar-refractivity contribution is -0.139. The molecule has 1 N–H and O–H groups in total. The van der Waals surface area contributed by atoms with Crippen LogP contribution in [0.25, 0.3) is 0 Å². The summed E-state index contributed by atoms with van der Waals surface area (Å²) in [4.78, 5) is 28.1. The maximum absolute atomic E-state index is 13.9. The highest BCUT2D eigenvalue weighted by atomic mass is 35.5. The van der Waals surface area contributed by atoms with Crippen LogP contribution in [0.4, 0.5) is 10.1 Å². The van der Waals surface area contributed by atoms with Crippen molar-refractivity contribution in [2.45, 2.75) is 44.2 Å². The van der Waals surface area contributed by atoms with Gasteiger partial charge in [0, 0.05) is 23.1 Å². The molecule has 3 aromatic rings. The maximum Gasteiger partial charge on any atom is 0.264 e. The molecule has 0 heterocycles. The number of sulfonamides is 1. The molecule has 0 aliphatic rings. The largest absolute Gasteiger partial charge is 0.497 e. The summed E-state index contributed by atoms with van der Waals surface area (Å²) in [5.41, 5.74) is 0.587. The molecule has 0 aliphatic carbocycles. The molecule has 8 nitrogen and oxygen atoms in total. The normalized spacial score (nSPS) is 12.0.